The fourth-order valence-electron chi connectivity index (χ4n) is 0.683. The summed E-state index contributed by atoms with van der Waals surface area (Å²) in [5.41, 5.74) is 0.905. The Morgan fingerprint density at radius 1 is 1.75 bits per heavy atom. The molecule has 5 heteroatoms. The quantitative estimate of drug-likeness (QED) is 0.696. The second-order valence-electron chi connectivity index (χ2n) is 2.02. The third-order valence-corrected chi connectivity index (χ3v) is 1.15. The molecule has 0 aliphatic carbocycles. The summed E-state index contributed by atoms with van der Waals surface area (Å²) in [6.07, 6.45) is 6.47. The van der Waals surface area contributed by atoms with E-state index in [1.54, 1.807) is 18.6 Å². The zero-order valence-corrected chi connectivity index (χ0v) is 7.04. The van der Waals surface area contributed by atoms with Gasteiger partial charge >= 0.3 is 5.97 Å². The molecule has 1 aromatic heterocycles. The maximum absolute atomic E-state index is 10.0. The molecule has 2 N–H and O–H groups in total. The first kappa shape index (κ1) is 10.7. The second-order valence-corrected chi connectivity index (χ2v) is 2.02. The van der Waals surface area contributed by atoms with E-state index >= 15 is 0 Å². The number of nitrogens with zero attached hydrogens (tertiary/aromatic N) is 1. The number of halogens is 1. The van der Waals surface area contributed by atoms with E-state index in [0.29, 0.717) is 6.42 Å². The number of nitrogens with one attached hydrogen (secondary N) is 1. The third kappa shape index (κ3) is 3.78. The van der Waals surface area contributed by atoms with Crippen LogP contribution in [-0.4, -0.2) is 21.0 Å². The molecule has 66 valence electrons. The molecule has 12 heavy (non-hydrogen) atoms. The standard InChI is InChI=1S/C7H8N2O2.ClH/c10-7(11)3-1-2-6-4-8-5-9-6;/h1,3-5H,2H2,(H,8,9)(H,10,11);1H/b3-1+;. The Bertz CT molecular complexity index is 256. The van der Waals surface area contributed by atoms with Gasteiger partial charge in [-0.1, -0.05) is 6.08 Å². The van der Waals surface area contributed by atoms with Gasteiger partial charge in [0.25, 0.3) is 0 Å². The average Bonchev–Trinajstić information content (AvgIpc) is 2.39. The third-order valence-electron chi connectivity index (χ3n) is 1.15. The molecule has 4 nitrogen and oxygen atoms in total. The molecule has 0 saturated heterocycles. The Labute approximate surface area is 75.7 Å². The summed E-state index contributed by atoms with van der Waals surface area (Å²) in [4.78, 5) is 16.7. The summed E-state index contributed by atoms with van der Waals surface area (Å²) in [5.74, 6) is -0.926. The maximum Gasteiger partial charge on any atom is 0.327 e. The molecule has 0 atom stereocenters. The van der Waals surface area contributed by atoms with Crippen molar-refractivity contribution in [3.05, 3.63) is 30.4 Å². The van der Waals surface area contributed by atoms with Gasteiger partial charge in [-0.05, 0) is 0 Å². The highest BCUT2D eigenvalue weighted by atomic mass is 35.5. The monoisotopic (exact) mass is 188 g/mol. The molecule has 1 heterocycles. The highest BCUT2D eigenvalue weighted by Crippen LogP contribution is 1.92. The van der Waals surface area contributed by atoms with E-state index in [-0.39, 0.29) is 12.4 Å². The number of hydrogen-bond acceptors (Lipinski definition) is 2. The van der Waals surface area contributed by atoms with Crippen molar-refractivity contribution in [2.24, 2.45) is 0 Å². The van der Waals surface area contributed by atoms with Crippen molar-refractivity contribution in [2.75, 3.05) is 0 Å². The normalized spacial score (nSPS) is 9.67. The van der Waals surface area contributed by atoms with Gasteiger partial charge in [0.05, 0.1) is 6.33 Å². The largest absolute Gasteiger partial charge is 0.478 e. The smallest absolute Gasteiger partial charge is 0.327 e. The number of aliphatic carboxylic acids is 1. The van der Waals surface area contributed by atoms with Crippen LogP contribution < -0.4 is 0 Å². The lowest BCUT2D eigenvalue weighted by molar-refractivity contribution is -0.131. The lowest BCUT2D eigenvalue weighted by atomic mass is 10.3. The lowest BCUT2D eigenvalue weighted by Crippen LogP contribution is -1.87. The Balaban J connectivity index is 0.00000121. The molecule has 0 fully saturated rings. The first-order valence-corrected chi connectivity index (χ1v) is 3.16. The average molecular weight is 189 g/mol. The van der Waals surface area contributed by atoms with Crippen LogP contribution in [0.3, 0.4) is 0 Å². The lowest BCUT2D eigenvalue weighted by Gasteiger charge is -1.85. The highest BCUT2D eigenvalue weighted by molar-refractivity contribution is 5.85. The van der Waals surface area contributed by atoms with Gasteiger partial charge in [0, 0.05) is 24.4 Å². The number of imidazole rings is 1. The van der Waals surface area contributed by atoms with Crippen LogP contribution in [0.15, 0.2) is 24.7 Å². The van der Waals surface area contributed by atoms with Gasteiger partial charge in [0.15, 0.2) is 0 Å². The predicted octanol–water partition coefficient (Wildman–Crippen LogP) is 1.01. The van der Waals surface area contributed by atoms with Crippen LogP contribution in [0.4, 0.5) is 0 Å². The summed E-state index contributed by atoms with van der Waals surface area (Å²) in [7, 11) is 0. The molecule has 0 amide bonds. The number of H-pyrrole nitrogens is 1. The van der Waals surface area contributed by atoms with E-state index in [0.717, 1.165) is 11.8 Å². The predicted molar refractivity (Wildman–Crippen MR) is 46.3 cm³/mol. The number of hydrogen-bond donors (Lipinski definition) is 2. The van der Waals surface area contributed by atoms with E-state index in [1.165, 1.54) is 0 Å². The minimum absolute atomic E-state index is 0. The van der Waals surface area contributed by atoms with E-state index in [4.69, 9.17) is 5.11 Å². The van der Waals surface area contributed by atoms with Crippen LogP contribution in [0.25, 0.3) is 0 Å². The van der Waals surface area contributed by atoms with E-state index in [1.807, 2.05) is 0 Å². The number of allylic oxidation sites excluding steroid dienone is 1. The van der Waals surface area contributed by atoms with Crippen LogP contribution in [0.5, 0.6) is 0 Å². The zero-order chi connectivity index (χ0) is 8.10. The van der Waals surface area contributed by atoms with Gasteiger partial charge in [-0.3, -0.25) is 0 Å². The summed E-state index contributed by atoms with van der Waals surface area (Å²) >= 11 is 0. The van der Waals surface area contributed by atoms with Crippen LogP contribution in [0, 0.1) is 0 Å². The second kappa shape index (κ2) is 5.37. The van der Waals surface area contributed by atoms with Crippen molar-refractivity contribution in [2.45, 2.75) is 6.42 Å². The number of carbonyl (C=O) groups is 1. The first-order valence-electron chi connectivity index (χ1n) is 3.16. The zero-order valence-electron chi connectivity index (χ0n) is 6.23. The van der Waals surface area contributed by atoms with Crippen LogP contribution in [0.2, 0.25) is 0 Å². The molecule has 0 spiro atoms. The Morgan fingerprint density at radius 3 is 3.00 bits per heavy atom. The molecule has 1 aromatic rings. The Morgan fingerprint density at radius 2 is 2.50 bits per heavy atom. The van der Waals surface area contributed by atoms with Crippen LogP contribution in [-0.2, 0) is 11.2 Å². The van der Waals surface area contributed by atoms with Crippen molar-refractivity contribution in [3.63, 3.8) is 0 Å². The minimum atomic E-state index is -0.926. The number of rotatable bonds is 3. The Hall–Kier alpha value is -1.29. The van der Waals surface area contributed by atoms with Crippen LogP contribution >= 0.6 is 12.4 Å². The van der Waals surface area contributed by atoms with Gasteiger partial charge in [-0.15, -0.1) is 12.4 Å². The summed E-state index contributed by atoms with van der Waals surface area (Å²) in [5, 5.41) is 8.23. The number of aromatic amines is 1. The van der Waals surface area contributed by atoms with Gasteiger partial charge in [-0.25, -0.2) is 9.78 Å². The maximum atomic E-state index is 10.0. The molecular formula is C7H9ClN2O2. The molecule has 0 bridgehead atoms. The van der Waals surface area contributed by atoms with Crippen molar-refractivity contribution in [1.29, 1.82) is 0 Å². The van der Waals surface area contributed by atoms with Crippen molar-refractivity contribution < 1.29 is 9.90 Å². The molecule has 0 radical (unpaired) electrons. The van der Waals surface area contributed by atoms with Gasteiger partial charge < -0.3 is 10.1 Å². The summed E-state index contributed by atoms with van der Waals surface area (Å²) in [6, 6.07) is 0. The molecular weight excluding hydrogens is 180 g/mol. The molecule has 0 unspecified atom stereocenters. The molecule has 1 rings (SSSR count). The molecule has 0 aliphatic rings. The minimum Gasteiger partial charge on any atom is -0.478 e. The summed E-state index contributed by atoms with van der Waals surface area (Å²) < 4.78 is 0. The molecule has 0 aliphatic heterocycles. The topological polar surface area (TPSA) is 66.0 Å². The van der Waals surface area contributed by atoms with Gasteiger partial charge in [-0.2, -0.15) is 0 Å². The first-order chi connectivity index (χ1) is 5.29. The fraction of sp³-hybridized carbons (Fsp3) is 0.143. The molecule has 0 saturated carbocycles. The van der Waals surface area contributed by atoms with E-state index in [9.17, 15) is 4.79 Å². The number of carboxylic acid groups (broad SMARTS) is 1. The van der Waals surface area contributed by atoms with Crippen molar-refractivity contribution in [3.8, 4) is 0 Å². The van der Waals surface area contributed by atoms with Crippen molar-refractivity contribution in [1.82, 2.24) is 9.97 Å². The molecule has 0 aromatic carbocycles. The van der Waals surface area contributed by atoms with Crippen molar-refractivity contribution >= 4 is 18.4 Å². The highest BCUT2D eigenvalue weighted by Gasteiger charge is 1.89. The SMILES string of the molecule is Cl.O=C(O)/C=C/Cc1cnc[nH]1. The van der Waals surface area contributed by atoms with E-state index in [2.05, 4.69) is 9.97 Å². The van der Waals surface area contributed by atoms with E-state index < -0.39 is 5.97 Å². The number of carboxylic acids is 1. The van der Waals surface area contributed by atoms with Crippen LogP contribution in [0.1, 0.15) is 5.69 Å². The van der Waals surface area contributed by atoms with Gasteiger partial charge in [0.2, 0.25) is 0 Å². The van der Waals surface area contributed by atoms with Gasteiger partial charge in [0.1, 0.15) is 0 Å². The summed E-state index contributed by atoms with van der Waals surface area (Å²) in [6.45, 7) is 0. The Kier molecular flexibility index (Phi) is 4.79. The number of aromatic nitrogens is 2. The fourth-order valence-corrected chi connectivity index (χ4v) is 0.683.